The van der Waals surface area contributed by atoms with Gasteiger partial charge in [0.15, 0.2) is 0 Å². The van der Waals surface area contributed by atoms with Crippen LogP contribution in [-0.4, -0.2) is 35.7 Å². The van der Waals surface area contributed by atoms with E-state index < -0.39 is 0 Å². The van der Waals surface area contributed by atoms with Crippen LogP contribution in [-0.2, 0) is 0 Å². The molecule has 2 unspecified atom stereocenters. The highest BCUT2D eigenvalue weighted by Crippen LogP contribution is 2.41. The van der Waals surface area contributed by atoms with Crippen LogP contribution < -0.4 is 4.74 Å². The van der Waals surface area contributed by atoms with Crippen molar-refractivity contribution in [3.05, 3.63) is 30.5 Å². The first kappa shape index (κ1) is 12.3. The molecule has 2 aliphatic carbocycles. The Hall–Kier alpha value is -1.48. The summed E-state index contributed by atoms with van der Waals surface area (Å²) in [6.45, 7) is 0. The van der Waals surface area contributed by atoms with Crippen molar-refractivity contribution in [1.82, 2.24) is 9.47 Å². The van der Waals surface area contributed by atoms with Crippen molar-refractivity contribution in [2.45, 2.75) is 43.9 Å². The molecule has 1 aromatic carbocycles. The van der Waals surface area contributed by atoms with Crippen LogP contribution in [0.1, 0.15) is 31.7 Å². The lowest BCUT2D eigenvalue weighted by molar-refractivity contribution is 0.120. The van der Waals surface area contributed by atoms with Crippen LogP contribution in [0.5, 0.6) is 5.75 Å². The van der Waals surface area contributed by atoms with Gasteiger partial charge < -0.3 is 14.2 Å². The second-order valence-corrected chi connectivity index (χ2v) is 6.45. The average Bonchev–Trinajstić information content (AvgIpc) is 3.08. The average molecular weight is 270 g/mol. The summed E-state index contributed by atoms with van der Waals surface area (Å²) in [6.07, 6.45) is 7.69. The fraction of sp³-hybridized carbons (Fsp3) is 0.529. The molecule has 0 amide bonds. The highest BCUT2D eigenvalue weighted by atomic mass is 16.5. The van der Waals surface area contributed by atoms with Crippen LogP contribution in [0.25, 0.3) is 10.9 Å². The van der Waals surface area contributed by atoms with E-state index in [2.05, 4.69) is 54.0 Å². The molecule has 0 radical (unpaired) electrons. The van der Waals surface area contributed by atoms with Crippen molar-refractivity contribution in [2.75, 3.05) is 14.1 Å². The Balaban J connectivity index is 1.58. The second-order valence-electron chi connectivity index (χ2n) is 6.45. The minimum Gasteiger partial charge on any atom is -0.490 e. The highest BCUT2D eigenvalue weighted by molar-refractivity contribution is 5.82. The van der Waals surface area contributed by atoms with Crippen molar-refractivity contribution < 1.29 is 4.74 Å². The molecule has 1 heterocycles. The molecule has 4 rings (SSSR count). The monoisotopic (exact) mass is 270 g/mol. The van der Waals surface area contributed by atoms with Gasteiger partial charge in [0.1, 0.15) is 5.75 Å². The molecule has 0 spiro atoms. The van der Waals surface area contributed by atoms with E-state index in [1.165, 1.54) is 36.6 Å². The third-order valence-electron chi connectivity index (χ3n) is 4.79. The molecule has 2 atom stereocenters. The molecule has 2 aromatic rings. The topological polar surface area (TPSA) is 17.4 Å². The summed E-state index contributed by atoms with van der Waals surface area (Å²) < 4.78 is 8.41. The van der Waals surface area contributed by atoms with Crippen molar-refractivity contribution in [2.24, 2.45) is 0 Å². The van der Waals surface area contributed by atoms with Gasteiger partial charge in [-0.3, -0.25) is 0 Å². The Bertz CT molecular complexity index is 627. The SMILES string of the molecule is CN(C)C1CC1n1ccc2cc(OC3CCC3)ccc21. The fourth-order valence-corrected chi connectivity index (χ4v) is 3.21. The maximum absolute atomic E-state index is 5.99. The Kier molecular flexibility index (Phi) is 2.77. The first-order valence-corrected chi connectivity index (χ1v) is 7.66. The summed E-state index contributed by atoms with van der Waals surface area (Å²) in [7, 11) is 4.34. The number of aromatic nitrogens is 1. The number of benzene rings is 1. The molecule has 2 fully saturated rings. The molecule has 0 aliphatic heterocycles. The first-order valence-electron chi connectivity index (χ1n) is 7.66. The molecule has 0 N–H and O–H groups in total. The molecule has 2 saturated carbocycles. The van der Waals surface area contributed by atoms with Gasteiger partial charge in [-0.1, -0.05) is 0 Å². The zero-order chi connectivity index (χ0) is 13.7. The second kappa shape index (κ2) is 4.52. The molecule has 0 saturated heterocycles. The van der Waals surface area contributed by atoms with E-state index in [9.17, 15) is 0 Å². The van der Waals surface area contributed by atoms with E-state index in [0.717, 1.165) is 5.75 Å². The van der Waals surface area contributed by atoms with Crippen LogP contribution >= 0.6 is 0 Å². The first-order chi connectivity index (χ1) is 9.72. The summed E-state index contributed by atoms with van der Waals surface area (Å²) in [5.41, 5.74) is 1.33. The quantitative estimate of drug-likeness (QED) is 0.846. The smallest absolute Gasteiger partial charge is 0.120 e. The van der Waals surface area contributed by atoms with Crippen LogP contribution in [0.3, 0.4) is 0 Å². The van der Waals surface area contributed by atoms with Gasteiger partial charge in [-0.2, -0.15) is 0 Å². The minimum absolute atomic E-state index is 0.455. The van der Waals surface area contributed by atoms with Gasteiger partial charge in [-0.05, 0) is 64.0 Å². The summed E-state index contributed by atoms with van der Waals surface area (Å²) in [4.78, 5) is 2.32. The lowest BCUT2D eigenvalue weighted by Crippen LogP contribution is -2.24. The van der Waals surface area contributed by atoms with Gasteiger partial charge in [-0.15, -0.1) is 0 Å². The maximum Gasteiger partial charge on any atom is 0.120 e. The molecule has 106 valence electrons. The van der Waals surface area contributed by atoms with Crippen molar-refractivity contribution in [1.29, 1.82) is 0 Å². The Morgan fingerprint density at radius 3 is 2.70 bits per heavy atom. The standard InChI is InChI=1S/C17H22N2O/c1-18(2)16-11-17(16)19-9-8-12-10-14(6-7-15(12)19)20-13-4-3-5-13/h6-10,13,16-17H,3-5,11H2,1-2H3. The fourth-order valence-electron chi connectivity index (χ4n) is 3.21. The lowest BCUT2D eigenvalue weighted by atomic mass is 9.96. The number of rotatable bonds is 4. The Labute approximate surface area is 120 Å². The predicted molar refractivity (Wildman–Crippen MR) is 81.3 cm³/mol. The van der Waals surface area contributed by atoms with E-state index in [4.69, 9.17) is 4.74 Å². The molecule has 3 heteroatoms. The number of ether oxygens (including phenoxy) is 1. The van der Waals surface area contributed by atoms with Crippen molar-refractivity contribution in [3.63, 3.8) is 0 Å². The van der Waals surface area contributed by atoms with Gasteiger partial charge in [0.25, 0.3) is 0 Å². The summed E-state index contributed by atoms with van der Waals surface area (Å²) in [5.74, 6) is 1.03. The molecule has 1 aromatic heterocycles. The third-order valence-corrected chi connectivity index (χ3v) is 4.79. The van der Waals surface area contributed by atoms with Crippen LogP contribution in [0.15, 0.2) is 30.5 Å². The maximum atomic E-state index is 5.99. The van der Waals surface area contributed by atoms with Gasteiger partial charge in [0.2, 0.25) is 0 Å². The zero-order valence-electron chi connectivity index (χ0n) is 12.2. The largest absolute Gasteiger partial charge is 0.490 e. The van der Waals surface area contributed by atoms with Gasteiger partial charge >= 0.3 is 0 Å². The van der Waals surface area contributed by atoms with Crippen molar-refractivity contribution >= 4 is 10.9 Å². The van der Waals surface area contributed by atoms with Gasteiger partial charge in [-0.25, -0.2) is 0 Å². The summed E-state index contributed by atoms with van der Waals surface area (Å²) in [6, 6.07) is 10.1. The molecular weight excluding hydrogens is 248 g/mol. The van der Waals surface area contributed by atoms with E-state index in [1.54, 1.807) is 0 Å². The predicted octanol–water partition coefficient (Wildman–Crippen LogP) is 3.45. The Morgan fingerprint density at radius 1 is 1.20 bits per heavy atom. The molecular formula is C17H22N2O. The molecule has 20 heavy (non-hydrogen) atoms. The van der Waals surface area contributed by atoms with E-state index in [0.29, 0.717) is 18.2 Å². The van der Waals surface area contributed by atoms with Crippen LogP contribution in [0, 0.1) is 0 Å². The number of hydrogen-bond donors (Lipinski definition) is 0. The highest BCUT2D eigenvalue weighted by Gasteiger charge is 2.40. The normalized spacial score (nSPS) is 25.9. The third kappa shape index (κ3) is 2.01. The molecule has 3 nitrogen and oxygen atoms in total. The number of nitrogens with zero attached hydrogens (tertiary/aromatic N) is 2. The molecule has 0 bridgehead atoms. The van der Waals surface area contributed by atoms with Crippen molar-refractivity contribution in [3.8, 4) is 5.75 Å². The number of fused-ring (bicyclic) bond motifs is 1. The summed E-state index contributed by atoms with van der Waals surface area (Å²) in [5, 5.41) is 1.30. The van der Waals surface area contributed by atoms with Gasteiger partial charge in [0, 0.05) is 23.1 Å². The van der Waals surface area contributed by atoms with Gasteiger partial charge in [0.05, 0.1) is 12.1 Å². The minimum atomic E-state index is 0.455. The Morgan fingerprint density at radius 2 is 2.05 bits per heavy atom. The van der Waals surface area contributed by atoms with E-state index in [1.807, 2.05) is 0 Å². The van der Waals surface area contributed by atoms with E-state index in [-0.39, 0.29) is 0 Å². The number of likely N-dealkylation sites (N-methyl/N-ethyl adjacent to an activating group) is 1. The number of hydrogen-bond acceptors (Lipinski definition) is 2. The summed E-state index contributed by atoms with van der Waals surface area (Å²) >= 11 is 0. The van der Waals surface area contributed by atoms with Crippen LogP contribution in [0.2, 0.25) is 0 Å². The van der Waals surface area contributed by atoms with E-state index >= 15 is 0 Å². The lowest BCUT2D eigenvalue weighted by Gasteiger charge is -2.26. The zero-order valence-corrected chi connectivity index (χ0v) is 12.2. The molecule has 2 aliphatic rings. The van der Waals surface area contributed by atoms with Crippen LogP contribution in [0.4, 0.5) is 0 Å².